The van der Waals surface area contributed by atoms with E-state index >= 15 is 0 Å². The molecule has 0 aliphatic carbocycles. The second kappa shape index (κ2) is 5.65. The molecule has 1 aromatic heterocycles. The summed E-state index contributed by atoms with van der Waals surface area (Å²) in [6, 6.07) is -0.406. The zero-order chi connectivity index (χ0) is 13.9. The summed E-state index contributed by atoms with van der Waals surface area (Å²) < 4.78 is 9.47. The van der Waals surface area contributed by atoms with Gasteiger partial charge in [0.1, 0.15) is 17.5 Å². The van der Waals surface area contributed by atoms with Gasteiger partial charge in [-0.3, -0.25) is 0 Å². The minimum absolute atomic E-state index is 0.115. The molecule has 102 valence electrons. The highest BCUT2D eigenvalue weighted by Crippen LogP contribution is 2.18. The van der Waals surface area contributed by atoms with Crippen molar-refractivity contribution < 1.29 is 9.53 Å². The average Bonchev–Trinajstić information content (AvgIpc) is 2.57. The lowest BCUT2D eigenvalue weighted by molar-refractivity contribution is -0.156. The van der Waals surface area contributed by atoms with Crippen molar-refractivity contribution in [2.24, 2.45) is 5.92 Å². The largest absolute Gasteiger partial charge is 0.458 e. The van der Waals surface area contributed by atoms with Gasteiger partial charge in [0.15, 0.2) is 0 Å². The van der Waals surface area contributed by atoms with E-state index in [1.165, 1.54) is 11.5 Å². The van der Waals surface area contributed by atoms with Crippen LogP contribution in [0.2, 0.25) is 0 Å². The standard InChI is InChI=1S/C12H21N3O2S/c1-7(2)9(10(16)17-12(4,5)6)14-11-13-8(3)15-18-11/h7,9H,1-6H3,(H,13,14,15)/t9-/m1/s1. The van der Waals surface area contributed by atoms with Crippen molar-refractivity contribution in [3.63, 3.8) is 0 Å². The van der Waals surface area contributed by atoms with Gasteiger partial charge >= 0.3 is 5.97 Å². The number of esters is 1. The lowest BCUT2D eigenvalue weighted by Crippen LogP contribution is -2.39. The van der Waals surface area contributed by atoms with Crippen molar-refractivity contribution in [1.29, 1.82) is 0 Å². The van der Waals surface area contributed by atoms with Crippen LogP contribution in [0.5, 0.6) is 0 Å². The predicted octanol–water partition coefficient (Wildman–Crippen LogP) is 2.62. The summed E-state index contributed by atoms with van der Waals surface area (Å²) in [4.78, 5) is 16.3. The molecule has 1 atom stereocenters. The zero-order valence-electron chi connectivity index (χ0n) is 11.8. The summed E-state index contributed by atoms with van der Waals surface area (Å²) in [7, 11) is 0. The molecule has 18 heavy (non-hydrogen) atoms. The number of carbonyl (C=O) groups excluding carboxylic acids is 1. The summed E-state index contributed by atoms with van der Waals surface area (Å²) in [6.45, 7) is 11.3. The molecule has 0 aliphatic heterocycles. The number of nitrogens with zero attached hydrogens (tertiary/aromatic N) is 2. The Morgan fingerprint density at radius 2 is 2.00 bits per heavy atom. The minimum Gasteiger partial charge on any atom is -0.458 e. The van der Waals surface area contributed by atoms with Gasteiger partial charge in [0.25, 0.3) is 0 Å². The van der Waals surface area contributed by atoms with Gasteiger partial charge in [-0.2, -0.15) is 4.37 Å². The van der Waals surface area contributed by atoms with E-state index < -0.39 is 11.6 Å². The SMILES string of the molecule is Cc1nsc(N[C@@H](C(=O)OC(C)(C)C)C(C)C)n1. The van der Waals surface area contributed by atoms with Crippen molar-refractivity contribution >= 4 is 22.6 Å². The molecule has 0 bridgehead atoms. The fraction of sp³-hybridized carbons (Fsp3) is 0.750. The normalized spacial score (nSPS) is 13.5. The highest BCUT2D eigenvalue weighted by atomic mass is 32.1. The summed E-state index contributed by atoms with van der Waals surface area (Å²) in [5.41, 5.74) is -0.483. The Hall–Kier alpha value is -1.17. The number of hydrogen-bond acceptors (Lipinski definition) is 6. The van der Waals surface area contributed by atoms with Crippen molar-refractivity contribution in [2.75, 3.05) is 5.32 Å². The van der Waals surface area contributed by atoms with Gasteiger partial charge in [0.05, 0.1) is 0 Å². The molecule has 1 rings (SSSR count). The van der Waals surface area contributed by atoms with Crippen LogP contribution in [0.3, 0.4) is 0 Å². The average molecular weight is 271 g/mol. The second-order valence-corrected chi connectivity index (χ2v) is 6.30. The quantitative estimate of drug-likeness (QED) is 0.853. The molecular formula is C12H21N3O2S. The number of carbonyl (C=O) groups is 1. The molecule has 0 fully saturated rings. The van der Waals surface area contributed by atoms with Crippen LogP contribution in [-0.4, -0.2) is 27.0 Å². The van der Waals surface area contributed by atoms with Gasteiger partial charge in [-0.15, -0.1) is 0 Å². The van der Waals surface area contributed by atoms with Crippen LogP contribution in [0.1, 0.15) is 40.4 Å². The molecule has 1 N–H and O–H groups in total. The van der Waals surface area contributed by atoms with Gasteiger partial charge < -0.3 is 10.1 Å². The lowest BCUT2D eigenvalue weighted by atomic mass is 10.0. The predicted molar refractivity (Wildman–Crippen MR) is 72.7 cm³/mol. The number of anilines is 1. The van der Waals surface area contributed by atoms with E-state index in [1.807, 2.05) is 41.5 Å². The first kappa shape index (κ1) is 14.9. The second-order valence-electron chi connectivity index (χ2n) is 5.55. The molecule has 1 heterocycles. The van der Waals surface area contributed by atoms with E-state index in [0.29, 0.717) is 11.0 Å². The molecule has 5 nitrogen and oxygen atoms in total. The maximum atomic E-state index is 12.1. The number of rotatable bonds is 4. The number of aryl methyl sites for hydroxylation is 1. The fourth-order valence-electron chi connectivity index (χ4n) is 1.35. The van der Waals surface area contributed by atoms with Crippen LogP contribution < -0.4 is 5.32 Å². The third-order valence-corrected chi connectivity index (χ3v) is 2.87. The first-order valence-electron chi connectivity index (χ1n) is 5.99. The van der Waals surface area contributed by atoms with Crippen molar-refractivity contribution in [2.45, 2.75) is 53.2 Å². The van der Waals surface area contributed by atoms with Gasteiger partial charge in [0.2, 0.25) is 5.13 Å². The van der Waals surface area contributed by atoms with Crippen molar-refractivity contribution in [3.05, 3.63) is 5.82 Å². The van der Waals surface area contributed by atoms with Crippen molar-refractivity contribution in [3.8, 4) is 0 Å². The van der Waals surface area contributed by atoms with E-state index in [9.17, 15) is 4.79 Å². The maximum Gasteiger partial charge on any atom is 0.329 e. The third kappa shape index (κ3) is 4.60. The molecular weight excluding hydrogens is 250 g/mol. The number of aromatic nitrogens is 2. The van der Waals surface area contributed by atoms with Gasteiger partial charge in [0, 0.05) is 11.5 Å². The number of ether oxygens (including phenoxy) is 1. The van der Waals surface area contributed by atoms with E-state index in [0.717, 1.165) is 0 Å². The monoisotopic (exact) mass is 271 g/mol. The fourth-order valence-corrected chi connectivity index (χ4v) is 1.96. The molecule has 0 aromatic carbocycles. The van der Waals surface area contributed by atoms with Crippen LogP contribution in [0.4, 0.5) is 5.13 Å². The molecule has 6 heteroatoms. The Labute approximate surface area is 112 Å². The minimum atomic E-state index is -0.483. The topological polar surface area (TPSA) is 64.1 Å². The van der Waals surface area contributed by atoms with Gasteiger partial charge in [-0.05, 0) is 33.6 Å². The van der Waals surface area contributed by atoms with Gasteiger partial charge in [-0.1, -0.05) is 13.8 Å². The number of hydrogen-bond donors (Lipinski definition) is 1. The smallest absolute Gasteiger partial charge is 0.329 e. The van der Waals surface area contributed by atoms with Crippen molar-refractivity contribution in [1.82, 2.24) is 9.36 Å². The molecule has 0 amide bonds. The van der Waals surface area contributed by atoms with E-state index in [1.54, 1.807) is 0 Å². The highest BCUT2D eigenvalue weighted by molar-refractivity contribution is 7.09. The molecule has 0 saturated heterocycles. The molecule has 0 spiro atoms. The highest BCUT2D eigenvalue weighted by Gasteiger charge is 2.28. The van der Waals surface area contributed by atoms with Gasteiger partial charge in [-0.25, -0.2) is 9.78 Å². The zero-order valence-corrected chi connectivity index (χ0v) is 12.6. The summed E-state index contributed by atoms with van der Waals surface area (Å²) >= 11 is 1.25. The summed E-state index contributed by atoms with van der Waals surface area (Å²) in [5.74, 6) is 0.559. The third-order valence-electron chi connectivity index (χ3n) is 2.13. The maximum absolute atomic E-state index is 12.1. The van der Waals surface area contributed by atoms with Crippen LogP contribution in [-0.2, 0) is 9.53 Å². The summed E-state index contributed by atoms with van der Waals surface area (Å²) in [5, 5.41) is 3.74. The Kier molecular flexibility index (Phi) is 4.67. The van der Waals surface area contributed by atoms with Crippen LogP contribution in [0.15, 0.2) is 0 Å². The Balaban J connectivity index is 2.74. The van der Waals surface area contributed by atoms with E-state index in [2.05, 4.69) is 14.7 Å². The van der Waals surface area contributed by atoms with E-state index in [4.69, 9.17) is 4.74 Å². The Bertz CT molecular complexity index is 410. The number of nitrogens with one attached hydrogen (secondary N) is 1. The molecule has 1 aromatic rings. The Morgan fingerprint density at radius 1 is 1.39 bits per heavy atom. The molecule has 0 unspecified atom stereocenters. The molecule has 0 radical (unpaired) electrons. The first-order valence-corrected chi connectivity index (χ1v) is 6.76. The summed E-state index contributed by atoms with van der Waals surface area (Å²) in [6.07, 6.45) is 0. The van der Waals surface area contributed by atoms with E-state index in [-0.39, 0.29) is 11.9 Å². The Morgan fingerprint density at radius 3 is 2.39 bits per heavy atom. The van der Waals surface area contributed by atoms with Crippen LogP contribution in [0.25, 0.3) is 0 Å². The first-order chi connectivity index (χ1) is 8.19. The lowest BCUT2D eigenvalue weighted by Gasteiger charge is -2.26. The van der Waals surface area contributed by atoms with Crippen LogP contribution >= 0.6 is 11.5 Å². The van der Waals surface area contributed by atoms with Crippen LogP contribution in [0, 0.1) is 12.8 Å². The molecule has 0 saturated carbocycles. The molecule has 0 aliphatic rings.